The molecule has 2 aromatic carbocycles. The van der Waals surface area contributed by atoms with Crippen molar-refractivity contribution in [2.45, 2.75) is 18.9 Å². The van der Waals surface area contributed by atoms with E-state index in [1.54, 1.807) is 18.1 Å². The maximum absolute atomic E-state index is 12.1. The van der Waals surface area contributed by atoms with Gasteiger partial charge in [0.1, 0.15) is 18.4 Å². The van der Waals surface area contributed by atoms with E-state index in [9.17, 15) is 9.90 Å². The van der Waals surface area contributed by atoms with Gasteiger partial charge in [-0.1, -0.05) is 48.5 Å². The number of hydrogen-bond acceptors (Lipinski definition) is 4. The van der Waals surface area contributed by atoms with E-state index >= 15 is 0 Å². The van der Waals surface area contributed by atoms with Crippen molar-refractivity contribution in [2.24, 2.45) is 5.92 Å². The largest absolute Gasteiger partial charge is 0.496 e. The van der Waals surface area contributed by atoms with E-state index in [0.717, 1.165) is 16.9 Å². The molecule has 2 atom stereocenters. The summed E-state index contributed by atoms with van der Waals surface area (Å²) in [6, 6.07) is 17.4. The third kappa shape index (κ3) is 4.08. The summed E-state index contributed by atoms with van der Waals surface area (Å²) in [4.78, 5) is 16.0. The van der Waals surface area contributed by atoms with Crippen LogP contribution >= 0.6 is 0 Å². The summed E-state index contributed by atoms with van der Waals surface area (Å²) in [5, 5.41) is 14.0. The predicted octanol–water partition coefficient (Wildman–Crippen LogP) is 3.01. The van der Waals surface area contributed by atoms with E-state index in [2.05, 4.69) is 10.1 Å². The zero-order valence-electron chi connectivity index (χ0n) is 14.5. The molecule has 3 aromatic rings. The number of aromatic nitrogens is 3. The molecule has 6 nitrogen and oxygen atoms in total. The second kappa shape index (κ2) is 8.29. The van der Waals surface area contributed by atoms with E-state index in [4.69, 9.17) is 4.74 Å². The summed E-state index contributed by atoms with van der Waals surface area (Å²) in [5.74, 6) is -0.971. The standard InChI is InChI=1S/C20H21N3O3/c1-26-19-10-6-5-9-16(19)11-17(15-7-3-2-4-8-15)18(20(24)25)12-23-14-21-13-22-23/h2-10,13-14,17-18H,11-12H2,1H3,(H,24,25). The van der Waals surface area contributed by atoms with Crippen LogP contribution in [0.15, 0.2) is 67.3 Å². The van der Waals surface area contributed by atoms with Crippen LogP contribution in [0.2, 0.25) is 0 Å². The first-order chi connectivity index (χ1) is 12.7. The molecular weight excluding hydrogens is 330 g/mol. The van der Waals surface area contributed by atoms with Gasteiger partial charge < -0.3 is 9.84 Å². The van der Waals surface area contributed by atoms with Crippen molar-refractivity contribution in [1.82, 2.24) is 14.8 Å². The summed E-state index contributed by atoms with van der Waals surface area (Å²) in [5.41, 5.74) is 1.96. The van der Waals surface area contributed by atoms with Gasteiger partial charge in [0.2, 0.25) is 0 Å². The van der Waals surface area contributed by atoms with Gasteiger partial charge in [0.25, 0.3) is 0 Å². The highest BCUT2D eigenvalue weighted by Gasteiger charge is 2.31. The van der Waals surface area contributed by atoms with Crippen molar-refractivity contribution in [3.05, 3.63) is 78.4 Å². The number of methoxy groups -OCH3 is 1. The van der Waals surface area contributed by atoms with Gasteiger partial charge in [-0.2, -0.15) is 5.10 Å². The zero-order valence-corrected chi connectivity index (χ0v) is 14.5. The van der Waals surface area contributed by atoms with Crippen molar-refractivity contribution >= 4 is 5.97 Å². The fraction of sp³-hybridized carbons (Fsp3) is 0.250. The summed E-state index contributed by atoms with van der Waals surface area (Å²) >= 11 is 0. The molecule has 1 aromatic heterocycles. The molecule has 6 heteroatoms. The average molecular weight is 351 g/mol. The van der Waals surface area contributed by atoms with Crippen LogP contribution in [-0.4, -0.2) is 33.0 Å². The number of benzene rings is 2. The molecule has 0 aliphatic heterocycles. The van der Waals surface area contributed by atoms with Crippen LogP contribution in [0.25, 0.3) is 0 Å². The highest BCUT2D eigenvalue weighted by Crippen LogP contribution is 2.33. The highest BCUT2D eigenvalue weighted by molar-refractivity contribution is 5.71. The Balaban J connectivity index is 1.97. The number of rotatable bonds is 8. The minimum atomic E-state index is -0.857. The van der Waals surface area contributed by atoms with Gasteiger partial charge in [0, 0.05) is 5.92 Å². The lowest BCUT2D eigenvalue weighted by atomic mass is 9.81. The number of carbonyl (C=O) groups is 1. The molecular formula is C20H21N3O3. The van der Waals surface area contributed by atoms with E-state index in [-0.39, 0.29) is 12.5 Å². The van der Waals surface area contributed by atoms with Gasteiger partial charge in [-0.05, 0) is 23.6 Å². The first-order valence-corrected chi connectivity index (χ1v) is 8.41. The topological polar surface area (TPSA) is 77.2 Å². The number of carboxylic acid groups (broad SMARTS) is 1. The number of carboxylic acids is 1. The molecule has 0 saturated carbocycles. The number of nitrogens with zero attached hydrogens (tertiary/aromatic N) is 3. The fourth-order valence-electron chi connectivity index (χ4n) is 3.21. The van der Waals surface area contributed by atoms with Crippen LogP contribution in [-0.2, 0) is 17.8 Å². The lowest BCUT2D eigenvalue weighted by Crippen LogP contribution is -2.28. The lowest BCUT2D eigenvalue weighted by Gasteiger charge is -2.25. The molecule has 0 aliphatic rings. The van der Waals surface area contributed by atoms with Gasteiger partial charge in [-0.25, -0.2) is 4.98 Å². The zero-order chi connectivity index (χ0) is 18.4. The Hall–Kier alpha value is -3.15. The maximum Gasteiger partial charge on any atom is 0.309 e. The van der Waals surface area contributed by atoms with Crippen molar-refractivity contribution in [3.63, 3.8) is 0 Å². The minimum absolute atomic E-state index is 0.228. The quantitative estimate of drug-likeness (QED) is 0.675. The first kappa shape index (κ1) is 17.7. The molecule has 1 N–H and O–H groups in total. The highest BCUT2D eigenvalue weighted by atomic mass is 16.5. The monoisotopic (exact) mass is 351 g/mol. The van der Waals surface area contributed by atoms with Crippen LogP contribution in [0.3, 0.4) is 0 Å². The van der Waals surface area contributed by atoms with E-state index < -0.39 is 11.9 Å². The molecule has 0 radical (unpaired) electrons. The van der Waals surface area contributed by atoms with Gasteiger partial charge in [-0.3, -0.25) is 9.48 Å². The molecule has 1 heterocycles. The molecule has 26 heavy (non-hydrogen) atoms. The Morgan fingerprint density at radius 1 is 1.15 bits per heavy atom. The number of ether oxygens (including phenoxy) is 1. The van der Waals surface area contributed by atoms with Gasteiger partial charge in [0.15, 0.2) is 0 Å². The second-order valence-corrected chi connectivity index (χ2v) is 6.10. The smallest absolute Gasteiger partial charge is 0.309 e. The molecule has 2 unspecified atom stereocenters. The number of para-hydroxylation sites is 1. The summed E-state index contributed by atoms with van der Waals surface area (Å²) in [6.07, 6.45) is 3.51. The molecule has 0 saturated heterocycles. The first-order valence-electron chi connectivity index (χ1n) is 8.41. The summed E-state index contributed by atoms with van der Waals surface area (Å²) < 4.78 is 7.02. The Kier molecular flexibility index (Phi) is 5.63. The molecule has 0 fully saturated rings. The van der Waals surface area contributed by atoms with Gasteiger partial charge in [-0.15, -0.1) is 0 Å². The van der Waals surface area contributed by atoms with Crippen molar-refractivity contribution < 1.29 is 14.6 Å². The normalized spacial score (nSPS) is 13.1. The molecule has 0 bridgehead atoms. The Morgan fingerprint density at radius 3 is 2.54 bits per heavy atom. The van der Waals surface area contributed by atoms with Crippen molar-refractivity contribution in [1.29, 1.82) is 0 Å². The molecule has 0 aliphatic carbocycles. The number of aliphatic carboxylic acids is 1. The SMILES string of the molecule is COc1ccccc1CC(c1ccccc1)C(Cn1cncn1)C(=O)O. The Bertz CT molecular complexity index is 835. The van der Waals surface area contributed by atoms with Crippen LogP contribution in [0.5, 0.6) is 5.75 Å². The lowest BCUT2D eigenvalue weighted by molar-refractivity contribution is -0.143. The van der Waals surface area contributed by atoms with Crippen LogP contribution in [0, 0.1) is 5.92 Å². The van der Waals surface area contributed by atoms with Gasteiger partial charge in [0.05, 0.1) is 19.6 Å². The van der Waals surface area contributed by atoms with Crippen LogP contribution in [0.1, 0.15) is 17.0 Å². The Morgan fingerprint density at radius 2 is 1.88 bits per heavy atom. The third-order valence-electron chi connectivity index (χ3n) is 4.51. The summed E-state index contributed by atoms with van der Waals surface area (Å²) in [6.45, 7) is 0.254. The fourth-order valence-corrected chi connectivity index (χ4v) is 3.21. The third-order valence-corrected chi connectivity index (χ3v) is 4.51. The van der Waals surface area contributed by atoms with E-state index in [1.807, 2.05) is 54.6 Å². The molecule has 0 spiro atoms. The predicted molar refractivity (Wildman–Crippen MR) is 97.0 cm³/mol. The van der Waals surface area contributed by atoms with Crippen molar-refractivity contribution in [3.8, 4) is 5.75 Å². The number of hydrogen-bond donors (Lipinski definition) is 1. The van der Waals surface area contributed by atoms with Crippen molar-refractivity contribution in [2.75, 3.05) is 7.11 Å². The molecule has 134 valence electrons. The second-order valence-electron chi connectivity index (χ2n) is 6.10. The summed E-state index contributed by atoms with van der Waals surface area (Å²) in [7, 11) is 1.63. The molecule has 0 amide bonds. The average Bonchev–Trinajstić information content (AvgIpc) is 3.18. The van der Waals surface area contributed by atoms with E-state index in [0.29, 0.717) is 6.42 Å². The maximum atomic E-state index is 12.1. The van der Waals surface area contributed by atoms with Crippen LogP contribution < -0.4 is 4.74 Å². The Labute approximate surface area is 152 Å². The molecule has 3 rings (SSSR count). The van der Waals surface area contributed by atoms with Crippen LogP contribution in [0.4, 0.5) is 0 Å². The van der Waals surface area contributed by atoms with Gasteiger partial charge >= 0.3 is 5.97 Å². The minimum Gasteiger partial charge on any atom is -0.496 e. The van der Waals surface area contributed by atoms with E-state index in [1.165, 1.54) is 6.33 Å².